The van der Waals surface area contributed by atoms with Gasteiger partial charge >= 0.3 is 6.18 Å². The van der Waals surface area contributed by atoms with Gasteiger partial charge in [-0.1, -0.05) is 0 Å². The summed E-state index contributed by atoms with van der Waals surface area (Å²) in [5.74, 6) is -0.444. The first kappa shape index (κ1) is 10.7. The molecule has 84 valence electrons. The number of hydrogen-bond acceptors (Lipinski definition) is 3. The van der Waals surface area contributed by atoms with Crippen molar-refractivity contribution in [2.45, 2.75) is 25.1 Å². The van der Waals surface area contributed by atoms with Crippen LogP contribution in [-0.4, -0.2) is 11.1 Å². The van der Waals surface area contributed by atoms with E-state index in [2.05, 4.69) is 4.98 Å². The average molecular weight is 228 g/mol. The lowest BCUT2D eigenvalue weighted by atomic mass is 10.2. The standard InChI is InChI=1S/C10H7F3N2O/c11-10(12,13)7-3-4-15-8(5-14)9(7)16-6-1-2-6/h3-4,6H,1-2H2. The molecule has 1 heterocycles. The van der Waals surface area contributed by atoms with Gasteiger partial charge in [-0.25, -0.2) is 4.98 Å². The largest absolute Gasteiger partial charge is 0.487 e. The topological polar surface area (TPSA) is 45.9 Å². The summed E-state index contributed by atoms with van der Waals surface area (Å²) in [6, 6.07) is 2.42. The van der Waals surface area contributed by atoms with E-state index >= 15 is 0 Å². The first-order valence-electron chi connectivity index (χ1n) is 4.65. The summed E-state index contributed by atoms with van der Waals surface area (Å²) in [4.78, 5) is 3.57. The molecule has 1 aromatic heterocycles. The second kappa shape index (κ2) is 3.67. The Morgan fingerprint density at radius 1 is 1.44 bits per heavy atom. The molecule has 6 heteroatoms. The molecule has 1 fully saturated rings. The molecule has 16 heavy (non-hydrogen) atoms. The fourth-order valence-electron chi connectivity index (χ4n) is 1.22. The highest BCUT2D eigenvalue weighted by atomic mass is 19.4. The second-order valence-corrected chi connectivity index (χ2v) is 3.46. The summed E-state index contributed by atoms with van der Waals surface area (Å²) in [5, 5.41) is 8.68. The van der Waals surface area contributed by atoms with Crippen molar-refractivity contribution in [2.24, 2.45) is 0 Å². The third kappa shape index (κ3) is 2.08. The van der Waals surface area contributed by atoms with Crippen molar-refractivity contribution in [3.8, 4) is 11.8 Å². The van der Waals surface area contributed by atoms with Crippen molar-refractivity contribution in [3.05, 3.63) is 23.5 Å². The molecule has 0 aliphatic heterocycles. The SMILES string of the molecule is N#Cc1nccc(C(F)(F)F)c1OC1CC1. The number of aromatic nitrogens is 1. The van der Waals surface area contributed by atoms with Crippen molar-refractivity contribution >= 4 is 0 Å². The Hall–Kier alpha value is -1.77. The lowest BCUT2D eigenvalue weighted by molar-refractivity contribution is -0.139. The molecule has 0 N–H and O–H groups in total. The van der Waals surface area contributed by atoms with Crippen LogP contribution >= 0.6 is 0 Å². The van der Waals surface area contributed by atoms with Gasteiger partial charge in [0.2, 0.25) is 0 Å². The maximum atomic E-state index is 12.6. The zero-order valence-electron chi connectivity index (χ0n) is 8.08. The predicted molar refractivity (Wildman–Crippen MR) is 47.6 cm³/mol. The van der Waals surface area contributed by atoms with Crippen LogP contribution in [0.15, 0.2) is 12.3 Å². The van der Waals surface area contributed by atoms with E-state index in [9.17, 15) is 13.2 Å². The van der Waals surface area contributed by atoms with E-state index in [1.54, 1.807) is 6.07 Å². The molecule has 0 saturated heterocycles. The van der Waals surface area contributed by atoms with Crippen molar-refractivity contribution < 1.29 is 17.9 Å². The number of pyridine rings is 1. The Labute approximate surface area is 89.5 Å². The van der Waals surface area contributed by atoms with E-state index in [1.165, 1.54) is 0 Å². The van der Waals surface area contributed by atoms with Gasteiger partial charge in [-0.15, -0.1) is 0 Å². The molecule has 0 amide bonds. The minimum Gasteiger partial charge on any atom is -0.487 e. The maximum absolute atomic E-state index is 12.6. The Morgan fingerprint density at radius 3 is 2.62 bits per heavy atom. The van der Waals surface area contributed by atoms with Crippen LogP contribution in [0.25, 0.3) is 0 Å². The second-order valence-electron chi connectivity index (χ2n) is 3.46. The van der Waals surface area contributed by atoms with E-state index in [4.69, 9.17) is 10.00 Å². The average Bonchev–Trinajstić information content (AvgIpc) is 3.00. The van der Waals surface area contributed by atoms with Crippen LogP contribution in [0, 0.1) is 11.3 Å². The van der Waals surface area contributed by atoms with E-state index in [0.29, 0.717) is 0 Å². The number of alkyl halides is 3. The van der Waals surface area contributed by atoms with Crippen molar-refractivity contribution in [2.75, 3.05) is 0 Å². The third-order valence-electron chi connectivity index (χ3n) is 2.12. The third-order valence-corrected chi connectivity index (χ3v) is 2.12. The fourth-order valence-corrected chi connectivity index (χ4v) is 1.22. The van der Waals surface area contributed by atoms with Crippen LogP contribution in [0.2, 0.25) is 0 Å². The van der Waals surface area contributed by atoms with Gasteiger partial charge in [0.1, 0.15) is 11.6 Å². The van der Waals surface area contributed by atoms with Gasteiger partial charge in [0.05, 0.1) is 6.10 Å². The molecular formula is C10H7F3N2O. The summed E-state index contributed by atoms with van der Waals surface area (Å²) >= 11 is 0. The van der Waals surface area contributed by atoms with Crippen LogP contribution < -0.4 is 4.74 Å². The molecule has 0 bridgehead atoms. The number of nitriles is 1. The Bertz CT molecular complexity index is 446. The monoisotopic (exact) mass is 228 g/mol. The molecule has 1 aliphatic rings. The Balaban J connectivity index is 2.46. The normalized spacial score (nSPS) is 15.6. The molecule has 1 saturated carbocycles. The van der Waals surface area contributed by atoms with Gasteiger partial charge in [-0.2, -0.15) is 18.4 Å². The Kier molecular flexibility index (Phi) is 2.46. The van der Waals surface area contributed by atoms with E-state index in [1.807, 2.05) is 0 Å². The fraction of sp³-hybridized carbons (Fsp3) is 0.400. The van der Waals surface area contributed by atoms with Gasteiger partial charge in [0.15, 0.2) is 11.4 Å². The smallest absolute Gasteiger partial charge is 0.420 e. The number of hydrogen-bond donors (Lipinski definition) is 0. The minimum absolute atomic E-state index is 0.211. The molecule has 0 radical (unpaired) electrons. The first-order valence-corrected chi connectivity index (χ1v) is 4.65. The van der Waals surface area contributed by atoms with Crippen LogP contribution in [-0.2, 0) is 6.18 Å². The lowest BCUT2D eigenvalue weighted by Gasteiger charge is -2.13. The zero-order chi connectivity index (χ0) is 11.8. The molecule has 0 atom stereocenters. The van der Waals surface area contributed by atoms with Gasteiger partial charge in [-0.3, -0.25) is 0 Å². The summed E-state index contributed by atoms with van der Waals surface area (Å²) in [6.07, 6.45) is -2.34. The predicted octanol–water partition coefficient (Wildman–Crippen LogP) is 2.51. The molecular weight excluding hydrogens is 221 g/mol. The quantitative estimate of drug-likeness (QED) is 0.781. The van der Waals surface area contributed by atoms with Gasteiger partial charge in [0, 0.05) is 6.20 Å². The molecule has 1 aromatic rings. The number of halogens is 3. The maximum Gasteiger partial charge on any atom is 0.420 e. The summed E-state index contributed by atoms with van der Waals surface area (Å²) in [6.45, 7) is 0. The van der Waals surface area contributed by atoms with Gasteiger partial charge in [-0.05, 0) is 18.9 Å². The lowest BCUT2D eigenvalue weighted by Crippen LogP contribution is -2.11. The molecule has 3 nitrogen and oxygen atoms in total. The van der Waals surface area contributed by atoms with Gasteiger partial charge in [0.25, 0.3) is 0 Å². The van der Waals surface area contributed by atoms with Crippen LogP contribution in [0.1, 0.15) is 24.1 Å². The number of rotatable bonds is 2. The van der Waals surface area contributed by atoms with Crippen molar-refractivity contribution in [3.63, 3.8) is 0 Å². The highest BCUT2D eigenvalue weighted by Gasteiger charge is 2.38. The molecule has 1 aliphatic carbocycles. The zero-order valence-corrected chi connectivity index (χ0v) is 8.08. The first-order chi connectivity index (χ1) is 7.52. The minimum atomic E-state index is -4.53. The van der Waals surface area contributed by atoms with E-state index in [0.717, 1.165) is 25.1 Å². The van der Waals surface area contributed by atoms with E-state index in [-0.39, 0.29) is 11.8 Å². The molecule has 0 unspecified atom stereocenters. The summed E-state index contributed by atoms with van der Waals surface area (Å²) in [7, 11) is 0. The molecule has 0 aromatic carbocycles. The highest BCUT2D eigenvalue weighted by molar-refractivity contribution is 5.45. The molecule has 2 rings (SSSR count). The van der Waals surface area contributed by atoms with Crippen LogP contribution in [0.4, 0.5) is 13.2 Å². The highest BCUT2D eigenvalue weighted by Crippen LogP contribution is 2.39. The van der Waals surface area contributed by atoms with Crippen LogP contribution in [0.5, 0.6) is 5.75 Å². The number of nitrogens with zero attached hydrogens (tertiary/aromatic N) is 2. The van der Waals surface area contributed by atoms with Crippen molar-refractivity contribution in [1.29, 1.82) is 5.26 Å². The van der Waals surface area contributed by atoms with Crippen LogP contribution in [0.3, 0.4) is 0 Å². The summed E-state index contributed by atoms with van der Waals surface area (Å²) < 4.78 is 43.0. The molecule has 0 spiro atoms. The van der Waals surface area contributed by atoms with Crippen molar-refractivity contribution in [1.82, 2.24) is 4.98 Å². The number of ether oxygens (including phenoxy) is 1. The summed E-state index contributed by atoms with van der Waals surface area (Å²) in [5.41, 5.74) is -1.26. The Morgan fingerprint density at radius 2 is 2.12 bits per heavy atom. The van der Waals surface area contributed by atoms with E-state index < -0.39 is 17.5 Å². The van der Waals surface area contributed by atoms with Gasteiger partial charge < -0.3 is 4.74 Å².